The zero-order chi connectivity index (χ0) is 19.6. The van der Waals surface area contributed by atoms with Crippen LogP contribution >= 0.6 is 23.1 Å². The molecule has 0 bridgehead atoms. The van der Waals surface area contributed by atoms with E-state index in [4.69, 9.17) is 4.74 Å². The van der Waals surface area contributed by atoms with Crippen LogP contribution in [0, 0.1) is 0 Å². The number of nitrogens with zero attached hydrogens (tertiary/aromatic N) is 1. The predicted octanol–water partition coefficient (Wildman–Crippen LogP) is 5.05. The van der Waals surface area contributed by atoms with Crippen LogP contribution in [0.5, 0.6) is 5.75 Å². The number of hydrogen-bond acceptors (Lipinski definition) is 5. The summed E-state index contributed by atoms with van der Waals surface area (Å²) in [5.41, 5.74) is 1.77. The first-order chi connectivity index (χ1) is 13.8. The molecule has 1 aromatic heterocycles. The minimum Gasteiger partial charge on any atom is -0.493 e. The average Bonchev–Trinajstić information content (AvgIpc) is 3.17. The molecule has 3 rings (SSSR count). The summed E-state index contributed by atoms with van der Waals surface area (Å²) >= 11 is 3.35. The van der Waals surface area contributed by atoms with Crippen LogP contribution in [0.25, 0.3) is 10.6 Å². The van der Waals surface area contributed by atoms with E-state index in [1.165, 1.54) is 16.2 Å². The summed E-state index contributed by atoms with van der Waals surface area (Å²) < 4.78 is 5.68. The van der Waals surface area contributed by atoms with Gasteiger partial charge in [-0.05, 0) is 43.4 Å². The molecule has 0 spiro atoms. The number of thiazole rings is 1. The van der Waals surface area contributed by atoms with E-state index in [9.17, 15) is 4.79 Å². The van der Waals surface area contributed by atoms with E-state index in [0.29, 0.717) is 19.6 Å². The first-order valence-electron chi connectivity index (χ1n) is 9.37. The second-order valence-electron chi connectivity index (χ2n) is 6.11. The van der Waals surface area contributed by atoms with Crippen molar-refractivity contribution in [2.24, 2.45) is 0 Å². The van der Waals surface area contributed by atoms with E-state index in [1.54, 1.807) is 0 Å². The Labute approximate surface area is 174 Å². The van der Waals surface area contributed by atoms with E-state index in [-0.39, 0.29) is 5.91 Å². The summed E-state index contributed by atoms with van der Waals surface area (Å²) in [6.07, 6.45) is 1.24. The Bertz CT molecular complexity index is 881. The van der Waals surface area contributed by atoms with Crippen LogP contribution in [0.2, 0.25) is 0 Å². The second kappa shape index (κ2) is 10.9. The normalized spacial score (nSPS) is 10.6. The molecule has 0 saturated carbocycles. The van der Waals surface area contributed by atoms with Gasteiger partial charge in [-0.3, -0.25) is 4.79 Å². The number of rotatable bonds is 10. The molecule has 0 fully saturated rings. The first kappa shape index (κ1) is 20.4. The van der Waals surface area contributed by atoms with Crippen LogP contribution in [0.1, 0.15) is 19.0 Å². The molecule has 0 unspecified atom stereocenters. The fourth-order valence-corrected chi connectivity index (χ4v) is 4.39. The molecule has 0 aliphatic rings. The highest BCUT2D eigenvalue weighted by molar-refractivity contribution is 7.99. The maximum absolute atomic E-state index is 12.2. The van der Waals surface area contributed by atoms with Crippen molar-refractivity contribution >= 4 is 29.0 Å². The number of para-hydroxylation sites is 1. The third-order valence-electron chi connectivity index (χ3n) is 3.97. The van der Waals surface area contributed by atoms with Gasteiger partial charge in [-0.1, -0.05) is 30.3 Å². The number of amides is 1. The Kier molecular flexibility index (Phi) is 7.94. The summed E-state index contributed by atoms with van der Waals surface area (Å²) in [5.74, 6) is 1.82. The molecule has 6 heteroatoms. The lowest BCUT2D eigenvalue weighted by molar-refractivity contribution is -0.120. The van der Waals surface area contributed by atoms with Crippen LogP contribution in [0.15, 0.2) is 64.9 Å². The Morgan fingerprint density at radius 3 is 2.75 bits per heavy atom. The zero-order valence-corrected chi connectivity index (χ0v) is 17.5. The summed E-state index contributed by atoms with van der Waals surface area (Å²) in [6.45, 7) is 3.26. The van der Waals surface area contributed by atoms with Crippen molar-refractivity contribution in [3.05, 3.63) is 65.7 Å². The number of benzene rings is 2. The van der Waals surface area contributed by atoms with E-state index in [2.05, 4.69) is 22.4 Å². The van der Waals surface area contributed by atoms with Gasteiger partial charge in [0.05, 0.1) is 24.3 Å². The number of hydrogen-bond donors (Lipinski definition) is 1. The van der Waals surface area contributed by atoms with E-state index in [1.807, 2.05) is 66.5 Å². The van der Waals surface area contributed by atoms with Crippen LogP contribution in [0.4, 0.5) is 0 Å². The van der Waals surface area contributed by atoms with Crippen molar-refractivity contribution in [3.8, 4) is 16.3 Å². The van der Waals surface area contributed by atoms with Gasteiger partial charge in [-0.2, -0.15) is 0 Å². The molecule has 1 N–H and O–H groups in total. The lowest BCUT2D eigenvalue weighted by atomic mass is 10.2. The van der Waals surface area contributed by atoms with Gasteiger partial charge in [0.25, 0.3) is 0 Å². The lowest BCUT2D eigenvalue weighted by Crippen LogP contribution is -2.26. The topological polar surface area (TPSA) is 51.2 Å². The molecular formula is C22H24N2O2S2. The van der Waals surface area contributed by atoms with E-state index in [0.717, 1.165) is 34.2 Å². The van der Waals surface area contributed by atoms with Crippen molar-refractivity contribution in [2.45, 2.75) is 24.7 Å². The van der Waals surface area contributed by atoms with Gasteiger partial charge >= 0.3 is 0 Å². The first-order valence-corrected chi connectivity index (χ1v) is 11.2. The molecular weight excluding hydrogens is 388 g/mol. The second-order valence-corrected chi connectivity index (χ2v) is 8.14. The van der Waals surface area contributed by atoms with E-state index >= 15 is 0 Å². The molecule has 0 aliphatic heterocycles. The minimum atomic E-state index is 0.0136. The van der Waals surface area contributed by atoms with Crippen molar-refractivity contribution in [1.82, 2.24) is 10.3 Å². The summed E-state index contributed by atoms with van der Waals surface area (Å²) in [4.78, 5) is 18.1. The maximum atomic E-state index is 12.2. The molecule has 4 nitrogen and oxygen atoms in total. The smallest absolute Gasteiger partial charge is 0.226 e. The monoisotopic (exact) mass is 412 g/mol. The Morgan fingerprint density at radius 2 is 1.93 bits per heavy atom. The van der Waals surface area contributed by atoms with E-state index < -0.39 is 0 Å². The van der Waals surface area contributed by atoms with Crippen LogP contribution in [-0.4, -0.2) is 29.8 Å². The SMILES string of the molecule is CCOc1ccccc1-c1nc(CC(=O)NCCCSc2ccccc2)cs1. The molecule has 0 saturated heterocycles. The predicted molar refractivity (Wildman–Crippen MR) is 117 cm³/mol. The van der Waals surface area contributed by atoms with Crippen LogP contribution in [0.3, 0.4) is 0 Å². The highest BCUT2D eigenvalue weighted by Gasteiger charge is 2.12. The fourth-order valence-electron chi connectivity index (χ4n) is 2.67. The molecule has 146 valence electrons. The Balaban J connectivity index is 1.44. The maximum Gasteiger partial charge on any atom is 0.226 e. The summed E-state index contributed by atoms with van der Waals surface area (Å²) in [6, 6.07) is 18.2. The van der Waals surface area contributed by atoms with Crippen LogP contribution in [-0.2, 0) is 11.2 Å². The van der Waals surface area contributed by atoms with Crippen molar-refractivity contribution in [1.29, 1.82) is 0 Å². The highest BCUT2D eigenvalue weighted by atomic mass is 32.2. The number of aromatic nitrogens is 1. The number of thioether (sulfide) groups is 1. The summed E-state index contributed by atoms with van der Waals surface area (Å²) in [5, 5.41) is 5.81. The standard InChI is InChI=1S/C22H24N2O2S2/c1-2-26-20-12-7-6-11-19(20)22-24-17(16-28-22)15-21(25)23-13-8-14-27-18-9-4-3-5-10-18/h3-7,9-12,16H,2,8,13-15H2,1H3,(H,23,25). The number of ether oxygens (including phenoxy) is 1. The average molecular weight is 413 g/mol. The molecule has 0 aliphatic carbocycles. The molecule has 1 heterocycles. The number of carbonyl (C=O) groups excluding carboxylic acids is 1. The molecule has 3 aromatic rings. The van der Waals surface area contributed by atoms with Crippen LogP contribution < -0.4 is 10.1 Å². The van der Waals surface area contributed by atoms with Gasteiger partial charge in [0.2, 0.25) is 5.91 Å². The largest absolute Gasteiger partial charge is 0.493 e. The van der Waals surface area contributed by atoms with Crippen molar-refractivity contribution in [2.75, 3.05) is 18.9 Å². The van der Waals surface area contributed by atoms with Gasteiger partial charge in [0.1, 0.15) is 10.8 Å². The van der Waals surface area contributed by atoms with Gasteiger partial charge < -0.3 is 10.1 Å². The molecule has 2 aromatic carbocycles. The van der Waals surface area contributed by atoms with Gasteiger partial charge in [-0.25, -0.2) is 4.98 Å². The molecule has 1 amide bonds. The Morgan fingerprint density at radius 1 is 1.14 bits per heavy atom. The third kappa shape index (κ3) is 6.11. The third-order valence-corrected chi connectivity index (χ3v) is 5.99. The minimum absolute atomic E-state index is 0.0136. The quantitative estimate of drug-likeness (QED) is 0.374. The lowest BCUT2D eigenvalue weighted by Gasteiger charge is -2.07. The Hall–Kier alpha value is -2.31. The van der Waals surface area contributed by atoms with Gasteiger partial charge in [-0.15, -0.1) is 23.1 Å². The molecule has 0 atom stereocenters. The molecule has 28 heavy (non-hydrogen) atoms. The zero-order valence-electron chi connectivity index (χ0n) is 15.9. The fraction of sp³-hybridized carbons (Fsp3) is 0.273. The van der Waals surface area contributed by atoms with Gasteiger partial charge in [0.15, 0.2) is 0 Å². The van der Waals surface area contributed by atoms with Crippen molar-refractivity contribution < 1.29 is 9.53 Å². The number of nitrogens with one attached hydrogen (secondary N) is 1. The highest BCUT2D eigenvalue weighted by Crippen LogP contribution is 2.32. The molecule has 0 radical (unpaired) electrons. The summed E-state index contributed by atoms with van der Waals surface area (Å²) in [7, 11) is 0. The van der Waals surface area contributed by atoms with Gasteiger partial charge in [0, 0.05) is 16.8 Å². The number of carbonyl (C=O) groups is 1. The van der Waals surface area contributed by atoms with Crippen molar-refractivity contribution in [3.63, 3.8) is 0 Å².